The molecule has 1 aliphatic heterocycles. The summed E-state index contributed by atoms with van der Waals surface area (Å²) in [5, 5.41) is 0. The number of aryl methyl sites for hydroxylation is 1. The lowest BCUT2D eigenvalue weighted by atomic mass is 10.2. The van der Waals surface area contributed by atoms with Gasteiger partial charge in [-0.2, -0.15) is 0 Å². The van der Waals surface area contributed by atoms with Crippen LogP contribution in [0.5, 0.6) is 0 Å². The van der Waals surface area contributed by atoms with Crippen molar-refractivity contribution in [2.45, 2.75) is 19.2 Å². The van der Waals surface area contributed by atoms with Gasteiger partial charge < -0.3 is 13.9 Å². The van der Waals surface area contributed by atoms with Crippen molar-refractivity contribution >= 4 is 5.97 Å². The van der Waals surface area contributed by atoms with E-state index in [0.29, 0.717) is 19.7 Å². The van der Waals surface area contributed by atoms with Crippen LogP contribution in [0.1, 0.15) is 17.6 Å². The van der Waals surface area contributed by atoms with Crippen molar-refractivity contribution in [1.82, 2.24) is 4.90 Å². The summed E-state index contributed by atoms with van der Waals surface area (Å²) in [6.07, 6.45) is -1.84. The molecule has 1 fully saturated rings. The second-order valence-electron chi connectivity index (χ2n) is 4.56. The number of rotatable bonds is 4. The summed E-state index contributed by atoms with van der Waals surface area (Å²) in [5.74, 6) is 0.709. The lowest BCUT2D eigenvalue weighted by molar-refractivity contribution is -0.148. The van der Waals surface area contributed by atoms with E-state index in [1.807, 2.05) is 24.0 Å². The number of alkyl halides is 1. The van der Waals surface area contributed by atoms with Gasteiger partial charge in [0, 0.05) is 19.6 Å². The molecule has 0 N–H and O–H groups in total. The average Bonchev–Trinajstić information content (AvgIpc) is 2.84. The van der Waals surface area contributed by atoms with Gasteiger partial charge in [0.25, 0.3) is 0 Å². The van der Waals surface area contributed by atoms with Gasteiger partial charge in [-0.05, 0) is 19.1 Å². The number of furan rings is 1. The number of ether oxygens (including phenoxy) is 2. The molecule has 0 radical (unpaired) electrons. The molecule has 19 heavy (non-hydrogen) atoms. The van der Waals surface area contributed by atoms with Crippen molar-refractivity contribution in [3.8, 4) is 0 Å². The van der Waals surface area contributed by atoms with E-state index in [9.17, 15) is 9.18 Å². The third-order valence-corrected chi connectivity index (χ3v) is 3.10. The molecule has 1 aliphatic rings. The highest BCUT2D eigenvalue weighted by Gasteiger charge is 2.28. The van der Waals surface area contributed by atoms with E-state index in [1.54, 1.807) is 0 Å². The molecule has 2 rings (SSSR count). The van der Waals surface area contributed by atoms with Crippen molar-refractivity contribution < 1.29 is 23.1 Å². The molecule has 1 aromatic heterocycles. The molecular formula is C13H18FNO4. The highest BCUT2D eigenvalue weighted by Crippen LogP contribution is 2.24. The van der Waals surface area contributed by atoms with Gasteiger partial charge in [-0.25, -0.2) is 9.18 Å². The largest absolute Gasteiger partial charge is 0.467 e. The molecule has 6 heteroatoms. The minimum Gasteiger partial charge on any atom is -0.467 e. The number of hydrogen-bond acceptors (Lipinski definition) is 5. The Balaban J connectivity index is 1.92. The first kappa shape index (κ1) is 14.0. The van der Waals surface area contributed by atoms with Gasteiger partial charge in [0.15, 0.2) is 0 Å². The number of hydrogen-bond donors (Lipinski definition) is 0. The number of carbonyl (C=O) groups is 1. The predicted octanol–water partition coefficient (Wildman–Crippen LogP) is 1.47. The number of methoxy groups -OCH3 is 1. The third-order valence-electron chi connectivity index (χ3n) is 3.10. The first-order valence-corrected chi connectivity index (χ1v) is 6.22. The molecule has 0 unspecified atom stereocenters. The maximum atomic E-state index is 13.5. The zero-order valence-corrected chi connectivity index (χ0v) is 11.1. The summed E-state index contributed by atoms with van der Waals surface area (Å²) in [7, 11) is 1.18. The van der Waals surface area contributed by atoms with Crippen LogP contribution < -0.4 is 0 Å². The molecule has 1 saturated heterocycles. The maximum absolute atomic E-state index is 13.5. The Kier molecular flexibility index (Phi) is 4.55. The number of halogens is 1. The molecule has 0 aromatic carbocycles. The SMILES string of the molecule is COC(=O)[C@@H](F)CN1CCO[C@H](c2ccc(C)o2)C1. The van der Waals surface area contributed by atoms with Crippen LogP contribution in [-0.4, -0.2) is 50.4 Å². The number of carbonyl (C=O) groups excluding carboxylic acids is 1. The molecule has 0 spiro atoms. The summed E-state index contributed by atoms with van der Waals surface area (Å²) >= 11 is 0. The van der Waals surface area contributed by atoms with Crippen molar-refractivity contribution in [2.75, 3.05) is 33.4 Å². The van der Waals surface area contributed by atoms with Gasteiger partial charge in [0.1, 0.15) is 17.6 Å². The Hall–Kier alpha value is -1.40. The van der Waals surface area contributed by atoms with E-state index in [0.717, 1.165) is 11.5 Å². The predicted molar refractivity (Wildman–Crippen MR) is 65.5 cm³/mol. The van der Waals surface area contributed by atoms with E-state index < -0.39 is 12.1 Å². The fraction of sp³-hybridized carbons (Fsp3) is 0.615. The second kappa shape index (κ2) is 6.16. The summed E-state index contributed by atoms with van der Waals surface area (Å²) in [6, 6.07) is 3.72. The van der Waals surface area contributed by atoms with E-state index in [2.05, 4.69) is 4.74 Å². The van der Waals surface area contributed by atoms with E-state index >= 15 is 0 Å². The van der Waals surface area contributed by atoms with Crippen molar-refractivity contribution in [1.29, 1.82) is 0 Å². The monoisotopic (exact) mass is 271 g/mol. The first-order valence-electron chi connectivity index (χ1n) is 6.22. The van der Waals surface area contributed by atoms with Gasteiger partial charge in [-0.1, -0.05) is 0 Å². The highest BCUT2D eigenvalue weighted by atomic mass is 19.1. The van der Waals surface area contributed by atoms with Gasteiger partial charge in [0.2, 0.25) is 6.17 Å². The minimum absolute atomic E-state index is 0.0201. The molecule has 0 saturated carbocycles. The smallest absolute Gasteiger partial charge is 0.341 e. The van der Waals surface area contributed by atoms with Crippen molar-refractivity contribution in [3.63, 3.8) is 0 Å². The molecule has 0 amide bonds. The van der Waals surface area contributed by atoms with E-state index in [-0.39, 0.29) is 12.6 Å². The molecule has 0 bridgehead atoms. The lowest BCUT2D eigenvalue weighted by Gasteiger charge is -2.32. The standard InChI is InChI=1S/C13H18FNO4/c1-9-3-4-11(19-9)12-8-15(5-6-18-12)7-10(14)13(16)17-2/h3-4,10,12H,5-8H2,1-2H3/t10-,12-/m0/s1. The molecule has 106 valence electrons. The van der Waals surface area contributed by atoms with Gasteiger partial charge in [-0.3, -0.25) is 4.90 Å². The van der Waals surface area contributed by atoms with Crippen molar-refractivity contribution in [2.24, 2.45) is 0 Å². The summed E-state index contributed by atoms with van der Waals surface area (Å²) in [6.45, 7) is 3.46. The Labute approximate surface area is 111 Å². The van der Waals surface area contributed by atoms with Crippen LogP contribution in [0.3, 0.4) is 0 Å². The fourth-order valence-electron chi connectivity index (χ4n) is 2.10. The Bertz CT molecular complexity index is 434. The molecule has 2 heterocycles. The summed E-state index contributed by atoms with van der Waals surface area (Å²) in [4.78, 5) is 12.9. The van der Waals surface area contributed by atoms with Crippen LogP contribution >= 0.6 is 0 Å². The second-order valence-corrected chi connectivity index (χ2v) is 4.56. The summed E-state index contributed by atoms with van der Waals surface area (Å²) in [5.41, 5.74) is 0. The average molecular weight is 271 g/mol. The third kappa shape index (κ3) is 3.54. The van der Waals surface area contributed by atoms with Crippen LogP contribution in [0, 0.1) is 6.92 Å². The zero-order valence-electron chi connectivity index (χ0n) is 11.1. The minimum atomic E-state index is -1.62. The molecule has 5 nitrogen and oxygen atoms in total. The lowest BCUT2D eigenvalue weighted by Crippen LogP contribution is -2.43. The topological polar surface area (TPSA) is 51.9 Å². The Morgan fingerprint density at radius 3 is 3.05 bits per heavy atom. The van der Waals surface area contributed by atoms with Crippen LogP contribution in [-0.2, 0) is 14.3 Å². The van der Waals surface area contributed by atoms with Gasteiger partial charge in [-0.15, -0.1) is 0 Å². The quantitative estimate of drug-likeness (QED) is 0.776. The molecule has 1 aromatic rings. The number of nitrogens with zero attached hydrogens (tertiary/aromatic N) is 1. The van der Waals surface area contributed by atoms with Gasteiger partial charge >= 0.3 is 5.97 Å². The van der Waals surface area contributed by atoms with E-state index in [1.165, 1.54) is 7.11 Å². The molecular weight excluding hydrogens is 253 g/mol. The number of esters is 1. The van der Waals surface area contributed by atoms with Crippen LogP contribution in [0.4, 0.5) is 4.39 Å². The normalized spacial score (nSPS) is 22.2. The highest BCUT2D eigenvalue weighted by molar-refractivity contribution is 5.74. The maximum Gasteiger partial charge on any atom is 0.341 e. The fourth-order valence-corrected chi connectivity index (χ4v) is 2.10. The van der Waals surface area contributed by atoms with Gasteiger partial charge in [0.05, 0.1) is 13.7 Å². The molecule has 0 aliphatic carbocycles. The number of morpholine rings is 1. The van der Waals surface area contributed by atoms with E-state index in [4.69, 9.17) is 9.15 Å². The zero-order chi connectivity index (χ0) is 13.8. The molecule has 2 atom stereocenters. The van der Waals surface area contributed by atoms with Crippen LogP contribution in [0.15, 0.2) is 16.5 Å². The van der Waals surface area contributed by atoms with Crippen LogP contribution in [0.2, 0.25) is 0 Å². The van der Waals surface area contributed by atoms with Crippen LogP contribution in [0.25, 0.3) is 0 Å². The first-order chi connectivity index (χ1) is 9.10. The Morgan fingerprint density at radius 2 is 2.42 bits per heavy atom. The summed E-state index contributed by atoms with van der Waals surface area (Å²) < 4.78 is 29.0. The van der Waals surface area contributed by atoms with Crippen molar-refractivity contribution in [3.05, 3.63) is 23.7 Å². The Morgan fingerprint density at radius 1 is 1.63 bits per heavy atom.